The van der Waals surface area contributed by atoms with Gasteiger partial charge in [-0.05, 0) is 54.7 Å². The number of Topliss-reactive ketones (excluding diaryl/α,β-unsaturated/α-hetero) is 1. The van der Waals surface area contributed by atoms with Crippen LogP contribution in [-0.4, -0.2) is 31.7 Å². The Morgan fingerprint density at radius 2 is 2.03 bits per heavy atom. The number of nitrogens with zero attached hydrogens (tertiary/aromatic N) is 1. The van der Waals surface area contributed by atoms with Gasteiger partial charge in [0.2, 0.25) is 0 Å². The quantitative estimate of drug-likeness (QED) is 0.596. The van der Waals surface area contributed by atoms with E-state index < -0.39 is 10.0 Å². The Bertz CT molecular complexity index is 938. The first-order valence-electron chi connectivity index (χ1n) is 10.1. The lowest BCUT2D eigenvalue weighted by atomic mass is 9.90. The van der Waals surface area contributed by atoms with Gasteiger partial charge in [-0.15, -0.1) is 11.3 Å². The SMILES string of the molecule is CC(=O)CC(C)CCC(C)c1ccc2c(c1)CN(S(=O)(=O)c1cccs1)CCO2. The number of carbonyl (C=O) groups is 1. The average Bonchev–Trinajstić information content (AvgIpc) is 3.13. The number of fused-ring (bicyclic) bond motifs is 1. The molecular weight excluding hydrogens is 406 g/mol. The molecule has 0 fully saturated rings. The van der Waals surface area contributed by atoms with Gasteiger partial charge in [0, 0.05) is 25.1 Å². The summed E-state index contributed by atoms with van der Waals surface area (Å²) < 4.78 is 33.6. The van der Waals surface area contributed by atoms with Crippen molar-refractivity contribution in [2.45, 2.75) is 56.7 Å². The Kier molecular flexibility index (Phi) is 7.14. The summed E-state index contributed by atoms with van der Waals surface area (Å²) in [6, 6.07) is 9.52. The summed E-state index contributed by atoms with van der Waals surface area (Å²) in [5.74, 6) is 1.71. The van der Waals surface area contributed by atoms with E-state index >= 15 is 0 Å². The van der Waals surface area contributed by atoms with Crippen molar-refractivity contribution in [2.75, 3.05) is 13.2 Å². The Morgan fingerprint density at radius 1 is 1.24 bits per heavy atom. The second-order valence-corrected chi connectivity index (χ2v) is 11.1. The van der Waals surface area contributed by atoms with Crippen LogP contribution in [0, 0.1) is 5.92 Å². The van der Waals surface area contributed by atoms with E-state index in [9.17, 15) is 13.2 Å². The molecule has 0 bridgehead atoms. The molecule has 0 N–H and O–H groups in total. The molecule has 29 heavy (non-hydrogen) atoms. The van der Waals surface area contributed by atoms with Crippen molar-refractivity contribution in [3.63, 3.8) is 0 Å². The van der Waals surface area contributed by atoms with Crippen LogP contribution in [0.1, 0.15) is 57.1 Å². The monoisotopic (exact) mass is 435 g/mol. The summed E-state index contributed by atoms with van der Waals surface area (Å²) in [7, 11) is -3.51. The highest BCUT2D eigenvalue weighted by molar-refractivity contribution is 7.91. The predicted octanol–water partition coefficient (Wildman–Crippen LogP) is 4.83. The van der Waals surface area contributed by atoms with Crippen LogP contribution in [-0.2, 0) is 21.4 Å². The van der Waals surface area contributed by atoms with Gasteiger partial charge in [-0.25, -0.2) is 8.42 Å². The third kappa shape index (κ3) is 5.47. The molecule has 2 unspecified atom stereocenters. The van der Waals surface area contributed by atoms with Crippen LogP contribution in [0.2, 0.25) is 0 Å². The van der Waals surface area contributed by atoms with E-state index in [0.717, 1.165) is 24.2 Å². The van der Waals surface area contributed by atoms with Crippen molar-refractivity contribution >= 4 is 27.1 Å². The molecule has 0 spiro atoms. The normalized spacial score (nSPS) is 17.1. The molecule has 5 nitrogen and oxygen atoms in total. The van der Waals surface area contributed by atoms with Gasteiger partial charge in [0.25, 0.3) is 10.0 Å². The molecule has 0 saturated heterocycles. The molecule has 1 aliphatic heterocycles. The lowest BCUT2D eigenvalue weighted by Crippen LogP contribution is -2.32. The molecule has 0 aliphatic carbocycles. The molecule has 2 heterocycles. The zero-order valence-electron chi connectivity index (χ0n) is 17.3. The van der Waals surface area contributed by atoms with Crippen molar-refractivity contribution in [3.05, 3.63) is 46.8 Å². The van der Waals surface area contributed by atoms with Crippen LogP contribution >= 0.6 is 11.3 Å². The first-order chi connectivity index (χ1) is 13.8. The fourth-order valence-corrected chi connectivity index (χ4v) is 6.28. The fraction of sp³-hybridized carbons (Fsp3) is 0.500. The highest BCUT2D eigenvalue weighted by Gasteiger charge is 2.28. The molecule has 0 amide bonds. The van der Waals surface area contributed by atoms with Gasteiger partial charge in [0.05, 0.1) is 0 Å². The van der Waals surface area contributed by atoms with Gasteiger partial charge in [-0.1, -0.05) is 32.0 Å². The minimum atomic E-state index is -3.51. The van der Waals surface area contributed by atoms with Crippen LogP contribution < -0.4 is 4.74 Å². The first kappa shape index (κ1) is 22.0. The fourth-order valence-electron chi connectivity index (χ4n) is 3.73. The molecule has 1 aliphatic rings. The van der Waals surface area contributed by atoms with Crippen molar-refractivity contribution in [1.82, 2.24) is 4.31 Å². The summed E-state index contributed by atoms with van der Waals surface area (Å²) >= 11 is 1.24. The standard InChI is InChI=1S/C22H29NO4S2/c1-16(13-18(3)24)6-7-17(2)19-8-9-21-20(14-19)15-23(10-11-27-21)29(25,26)22-5-4-12-28-22/h4-5,8-9,12,14,16-17H,6-7,10-11,13,15H2,1-3H3. The number of carbonyl (C=O) groups excluding carboxylic acids is 1. The molecule has 1 aromatic heterocycles. The van der Waals surface area contributed by atoms with E-state index in [1.807, 2.05) is 6.07 Å². The minimum Gasteiger partial charge on any atom is -0.492 e. The van der Waals surface area contributed by atoms with Crippen LogP contribution in [0.4, 0.5) is 0 Å². The summed E-state index contributed by atoms with van der Waals surface area (Å²) in [6.07, 6.45) is 2.61. The maximum Gasteiger partial charge on any atom is 0.252 e. The van der Waals surface area contributed by atoms with E-state index in [0.29, 0.717) is 42.2 Å². The van der Waals surface area contributed by atoms with Gasteiger partial charge >= 0.3 is 0 Å². The summed E-state index contributed by atoms with van der Waals surface area (Å²) in [6.45, 7) is 6.93. The highest BCUT2D eigenvalue weighted by atomic mass is 32.2. The molecular formula is C22H29NO4S2. The Hall–Kier alpha value is -1.70. The number of sulfonamides is 1. The smallest absolute Gasteiger partial charge is 0.252 e. The Morgan fingerprint density at radius 3 is 2.72 bits per heavy atom. The number of rotatable bonds is 8. The molecule has 7 heteroatoms. The van der Waals surface area contributed by atoms with Crippen LogP contribution in [0.25, 0.3) is 0 Å². The molecule has 2 atom stereocenters. The molecule has 0 radical (unpaired) electrons. The number of benzene rings is 1. The lowest BCUT2D eigenvalue weighted by Gasteiger charge is -2.20. The van der Waals surface area contributed by atoms with Crippen molar-refractivity contribution in [2.24, 2.45) is 5.92 Å². The zero-order valence-corrected chi connectivity index (χ0v) is 18.9. The largest absolute Gasteiger partial charge is 0.492 e. The van der Waals surface area contributed by atoms with Gasteiger partial charge in [0.15, 0.2) is 0 Å². The molecule has 158 valence electrons. The second-order valence-electron chi connectivity index (χ2n) is 7.98. The van der Waals surface area contributed by atoms with E-state index in [4.69, 9.17) is 4.74 Å². The summed E-state index contributed by atoms with van der Waals surface area (Å²) in [4.78, 5) is 11.3. The van der Waals surface area contributed by atoms with Crippen LogP contribution in [0.3, 0.4) is 0 Å². The van der Waals surface area contributed by atoms with E-state index in [1.165, 1.54) is 21.2 Å². The number of thiophene rings is 1. The molecule has 0 saturated carbocycles. The number of hydrogen-bond donors (Lipinski definition) is 0. The van der Waals surface area contributed by atoms with Gasteiger partial charge in [-0.2, -0.15) is 4.31 Å². The van der Waals surface area contributed by atoms with E-state index in [1.54, 1.807) is 24.4 Å². The molecule has 1 aromatic carbocycles. The summed E-state index contributed by atoms with van der Waals surface area (Å²) in [5.41, 5.74) is 2.08. The Balaban J connectivity index is 1.74. The minimum absolute atomic E-state index is 0.236. The third-order valence-electron chi connectivity index (χ3n) is 5.42. The lowest BCUT2D eigenvalue weighted by molar-refractivity contribution is -0.117. The topological polar surface area (TPSA) is 63.7 Å². The first-order valence-corrected chi connectivity index (χ1v) is 12.4. The van der Waals surface area contributed by atoms with E-state index in [2.05, 4.69) is 26.0 Å². The highest BCUT2D eigenvalue weighted by Crippen LogP contribution is 2.32. The predicted molar refractivity (Wildman–Crippen MR) is 116 cm³/mol. The zero-order chi connectivity index (χ0) is 21.0. The van der Waals surface area contributed by atoms with E-state index in [-0.39, 0.29) is 5.78 Å². The summed E-state index contributed by atoms with van der Waals surface area (Å²) in [5, 5.41) is 1.78. The number of ketones is 1. The van der Waals surface area contributed by atoms with Gasteiger partial charge < -0.3 is 9.53 Å². The van der Waals surface area contributed by atoms with Crippen LogP contribution in [0.15, 0.2) is 39.9 Å². The maximum absolute atomic E-state index is 12.9. The maximum atomic E-state index is 12.9. The van der Waals surface area contributed by atoms with Crippen molar-refractivity contribution in [3.8, 4) is 5.75 Å². The molecule has 3 rings (SSSR count). The Labute approximate surface area is 177 Å². The van der Waals surface area contributed by atoms with Crippen molar-refractivity contribution in [1.29, 1.82) is 0 Å². The van der Waals surface area contributed by atoms with Gasteiger partial charge in [0.1, 0.15) is 22.3 Å². The number of ether oxygens (including phenoxy) is 1. The van der Waals surface area contributed by atoms with Gasteiger partial charge in [-0.3, -0.25) is 0 Å². The molecule has 2 aromatic rings. The second kappa shape index (κ2) is 9.41. The number of hydrogen-bond acceptors (Lipinski definition) is 5. The van der Waals surface area contributed by atoms with Crippen LogP contribution in [0.5, 0.6) is 5.75 Å². The third-order valence-corrected chi connectivity index (χ3v) is 8.63. The van der Waals surface area contributed by atoms with Crippen molar-refractivity contribution < 1.29 is 17.9 Å². The average molecular weight is 436 g/mol.